The van der Waals surface area contributed by atoms with E-state index in [1.807, 2.05) is 65.6 Å². The van der Waals surface area contributed by atoms with Crippen LogP contribution >= 0.6 is 7.82 Å². The van der Waals surface area contributed by atoms with E-state index in [4.69, 9.17) is 18.4 Å². The molecular formula is C32H38FN4O7P. The van der Waals surface area contributed by atoms with Crippen LogP contribution in [0.3, 0.4) is 0 Å². The Morgan fingerprint density at radius 2 is 1.62 bits per heavy atom. The zero-order valence-electron chi connectivity index (χ0n) is 25.1. The Morgan fingerprint density at radius 3 is 2.20 bits per heavy atom. The summed E-state index contributed by atoms with van der Waals surface area (Å²) in [6.07, 6.45) is -0.881. The average Bonchev–Trinajstić information content (AvgIpc) is 3.55. The summed E-state index contributed by atoms with van der Waals surface area (Å²) in [6, 6.07) is 23.5. The van der Waals surface area contributed by atoms with Crippen molar-refractivity contribution in [2.75, 3.05) is 44.2 Å². The van der Waals surface area contributed by atoms with Crippen LogP contribution in [-0.4, -0.2) is 73.3 Å². The number of halogens is 1. The molecule has 0 radical (unpaired) electrons. The lowest BCUT2D eigenvalue weighted by Crippen LogP contribution is -2.51. The summed E-state index contributed by atoms with van der Waals surface area (Å²) in [4.78, 5) is 20.2. The number of rotatable bonds is 14. The number of nitrogens with one attached hydrogen (secondary N) is 1. The minimum atomic E-state index is -4.03. The summed E-state index contributed by atoms with van der Waals surface area (Å²) in [5, 5.41) is 17.7. The van der Waals surface area contributed by atoms with Crippen molar-refractivity contribution in [1.29, 1.82) is 0 Å². The number of hydrogen-bond donors (Lipinski definition) is 2. The molecule has 1 fully saturated rings. The number of carbonyl (C=O) groups excluding carboxylic acids is 1. The largest absolute Gasteiger partial charge is 0.475 e. The van der Waals surface area contributed by atoms with Crippen molar-refractivity contribution in [2.24, 2.45) is 5.16 Å². The standard InChI is InChI=1S/C32H38FN4O7P/c1-24(38)34-20-28-19-30(35-44-28)27-12-13-31(29(33)18-27)36-14-16-37(17-15-36)32(39)23-43-45(40,41-21-25-8-4-2-5-9-25)42-22-26-10-6-3-7-11-26/h2-13,18,28,32,39H,14-17,19-23H2,1H3,(H,34,38). The quantitative estimate of drug-likeness (QED) is 0.246. The average molecular weight is 641 g/mol. The van der Waals surface area contributed by atoms with Gasteiger partial charge in [0, 0.05) is 45.1 Å². The number of oxime groups is 1. The first-order chi connectivity index (χ1) is 21.8. The number of anilines is 1. The zero-order chi connectivity index (χ0) is 31.6. The molecule has 5 rings (SSSR count). The molecule has 2 N–H and O–H groups in total. The highest BCUT2D eigenvalue weighted by atomic mass is 31.2. The van der Waals surface area contributed by atoms with E-state index >= 15 is 4.39 Å². The smallest absolute Gasteiger partial charge is 0.390 e. The fourth-order valence-corrected chi connectivity index (χ4v) is 6.15. The van der Waals surface area contributed by atoms with Gasteiger partial charge in [0.1, 0.15) is 18.1 Å². The van der Waals surface area contributed by atoms with Gasteiger partial charge in [-0.05, 0) is 23.3 Å². The van der Waals surface area contributed by atoms with Gasteiger partial charge in [-0.3, -0.25) is 23.3 Å². The maximum absolute atomic E-state index is 15.2. The molecule has 45 heavy (non-hydrogen) atoms. The van der Waals surface area contributed by atoms with Crippen LogP contribution in [0.4, 0.5) is 10.1 Å². The van der Waals surface area contributed by atoms with Crippen molar-refractivity contribution in [3.8, 4) is 0 Å². The first kappa shape index (κ1) is 32.7. The highest BCUT2D eigenvalue weighted by Gasteiger charge is 2.31. The molecule has 2 aliphatic heterocycles. The second-order valence-electron chi connectivity index (χ2n) is 10.8. The van der Waals surface area contributed by atoms with Crippen LogP contribution in [0.5, 0.6) is 0 Å². The summed E-state index contributed by atoms with van der Waals surface area (Å²) >= 11 is 0. The molecule has 0 aromatic heterocycles. The normalized spacial score (nSPS) is 17.9. The Labute approximate surface area is 262 Å². The van der Waals surface area contributed by atoms with E-state index in [9.17, 15) is 14.5 Å². The molecule has 0 bridgehead atoms. The Hall–Kier alpha value is -3.64. The van der Waals surface area contributed by atoms with E-state index in [1.54, 1.807) is 17.0 Å². The van der Waals surface area contributed by atoms with Crippen molar-refractivity contribution < 1.29 is 37.3 Å². The van der Waals surface area contributed by atoms with Crippen LogP contribution in [0.15, 0.2) is 84.0 Å². The highest BCUT2D eigenvalue weighted by Crippen LogP contribution is 2.51. The van der Waals surface area contributed by atoms with E-state index in [0.717, 1.165) is 11.1 Å². The monoisotopic (exact) mass is 640 g/mol. The predicted octanol–water partition coefficient (Wildman–Crippen LogP) is 4.45. The van der Waals surface area contributed by atoms with Crippen LogP contribution in [0.2, 0.25) is 0 Å². The van der Waals surface area contributed by atoms with Gasteiger partial charge in [-0.2, -0.15) is 0 Å². The Bertz CT molecular complexity index is 1440. The molecule has 2 aliphatic rings. The Balaban J connectivity index is 1.12. The minimum absolute atomic E-state index is 0.0179. The van der Waals surface area contributed by atoms with Crippen LogP contribution in [0.1, 0.15) is 30.0 Å². The van der Waals surface area contributed by atoms with Crippen molar-refractivity contribution in [1.82, 2.24) is 10.2 Å². The molecule has 11 nitrogen and oxygen atoms in total. The van der Waals surface area contributed by atoms with Crippen LogP contribution in [-0.2, 0) is 41.0 Å². The molecule has 240 valence electrons. The number of aliphatic hydroxyl groups is 1. The molecule has 1 amide bonds. The molecule has 2 heterocycles. The number of hydrogen-bond acceptors (Lipinski definition) is 10. The van der Waals surface area contributed by atoms with Crippen molar-refractivity contribution >= 4 is 25.1 Å². The molecule has 3 aromatic carbocycles. The van der Waals surface area contributed by atoms with E-state index in [1.165, 1.54) is 13.0 Å². The number of amides is 1. The maximum atomic E-state index is 15.2. The zero-order valence-corrected chi connectivity index (χ0v) is 26.0. The number of phosphoric ester groups is 1. The van der Waals surface area contributed by atoms with Gasteiger partial charge in [0.15, 0.2) is 0 Å². The van der Waals surface area contributed by atoms with Crippen molar-refractivity contribution in [2.45, 2.75) is 38.9 Å². The van der Waals surface area contributed by atoms with E-state index < -0.39 is 14.1 Å². The fourth-order valence-electron chi connectivity index (χ4n) is 5.00. The molecule has 3 aromatic rings. The maximum Gasteiger partial charge on any atom is 0.475 e. The van der Waals surface area contributed by atoms with Crippen molar-refractivity contribution in [3.05, 3.63) is 101 Å². The molecule has 0 spiro atoms. The number of aliphatic hydroxyl groups excluding tert-OH is 1. The van der Waals surface area contributed by atoms with Crippen LogP contribution < -0.4 is 10.2 Å². The summed E-state index contributed by atoms with van der Waals surface area (Å²) in [6.45, 7) is 3.29. The third kappa shape index (κ3) is 9.43. The molecule has 1 saturated heterocycles. The summed E-state index contributed by atoms with van der Waals surface area (Å²) in [5.41, 5.74) is 3.31. The first-order valence-corrected chi connectivity index (χ1v) is 16.3. The lowest BCUT2D eigenvalue weighted by Gasteiger charge is -2.38. The van der Waals surface area contributed by atoms with Gasteiger partial charge in [-0.1, -0.05) is 71.9 Å². The van der Waals surface area contributed by atoms with Gasteiger partial charge in [0.2, 0.25) is 5.91 Å². The van der Waals surface area contributed by atoms with Gasteiger partial charge >= 0.3 is 7.82 Å². The molecule has 13 heteroatoms. The van der Waals surface area contributed by atoms with Crippen LogP contribution in [0.25, 0.3) is 0 Å². The minimum Gasteiger partial charge on any atom is -0.390 e. The van der Waals surface area contributed by atoms with Gasteiger partial charge in [-0.15, -0.1) is 0 Å². The predicted molar refractivity (Wildman–Crippen MR) is 167 cm³/mol. The Kier molecular flexibility index (Phi) is 11.3. The first-order valence-electron chi connectivity index (χ1n) is 14.8. The molecule has 2 unspecified atom stereocenters. The number of benzene rings is 3. The van der Waals surface area contributed by atoms with Gasteiger partial charge < -0.3 is 20.2 Å². The van der Waals surface area contributed by atoms with Gasteiger partial charge in [0.25, 0.3) is 0 Å². The van der Waals surface area contributed by atoms with E-state index in [0.29, 0.717) is 56.1 Å². The van der Waals surface area contributed by atoms with E-state index in [2.05, 4.69) is 10.5 Å². The molecule has 0 saturated carbocycles. The van der Waals surface area contributed by atoms with Crippen LogP contribution in [0, 0.1) is 5.82 Å². The SMILES string of the molecule is CC(=O)NCC1CC(c2ccc(N3CCN(C(O)COP(=O)(OCc4ccccc4)OCc4ccccc4)CC3)c(F)c2)=NO1. The van der Waals surface area contributed by atoms with Crippen molar-refractivity contribution in [3.63, 3.8) is 0 Å². The van der Waals surface area contributed by atoms with E-state index in [-0.39, 0.29) is 37.6 Å². The molecule has 0 aliphatic carbocycles. The number of carbonyl (C=O) groups is 1. The lowest BCUT2D eigenvalue weighted by atomic mass is 10.0. The molecule has 2 atom stereocenters. The number of piperazine rings is 1. The highest BCUT2D eigenvalue weighted by molar-refractivity contribution is 7.48. The summed E-state index contributed by atoms with van der Waals surface area (Å²) < 4.78 is 45.6. The second-order valence-corrected chi connectivity index (χ2v) is 12.5. The third-order valence-corrected chi connectivity index (χ3v) is 8.87. The summed E-state index contributed by atoms with van der Waals surface area (Å²) in [5.74, 6) is -0.534. The fraction of sp³-hybridized carbons (Fsp3) is 0.375. The van der Waals surface area contributed by atoms with Gasteiger partial charge in [0.05, 0.1) is 37.8 Å². The molecular weight excluding hydrogens is 602 g/mol. The number of nitrogens with zero attached hydrogens (tertiary/aromatic N) is 3. The van der Waals surface area contributed by atoms with Gasteiger partial charge in [-0.25, -0.2) is 8.96 Å². The number of phosphoric acid groups is 1. The third-order valence-electron chi connectivity index (χ3n) is 7.52. The Morgan fingerprint density at radius 1 is 1.00 bits per heavy atom. The second kappa shape index (κ2) is 15.6. The lowest BCUT2D eigenvalue weighted by molar-refractivity contribution is -0.119. The topological polar surface area (TPSA) is 122 Å². The summed E-state index contributed by atoms with van der Waals surface area (Å²) in [7, 11) is -4.03.